The van der Waals surface area contributed by atoms with Gasteiger partial charge in [0.2, 0.25) is 0 Å². The largest absolute Gasteiger partial charge is 0.370 e. The fraction of sp³-hybridized carbons (Fsp3) is 0.417. The molecular weight excluding hydrogens is 275 g/mol. The maximum absolute atomic E-state index is 13.7. The first kappa shape index (κ1) is 11.7. The molecule has 1 fully saturated rings. The van der Waals surface area contributed by atoms with Crippen LogP contribution in [0.3, 0.4) is 0 Å². The number of Topliss-reactive ketones (excluding diaryl/α,β-unsaturated/α-hetero) is 1. The van der Waals surface area contributed by atoms with E-state index < -0.39 is 11.9 Å². The number of carbonyl (C=O) groups is 1. The predicted molar refractivity (Wildman–Crippen MR) is 62.0 cm³/mol. The highest BCUT2D eigenvalue weighted by Crippen LogP contribution is 2.26. The van der Waals surface area contributed by atoms with Gasteiger partial charge in [-0.05, 0) is 40.4 Å². The second-order valence-electron chi connectivity index (χ2n) is 4.02. The molecule has 16 heavy (non-hydrogen) atoms. The Kier molecular flexibility index (Phi) is 3.40. The number of hydrogen-bond acceptors (Lipinski definition) is 2. The van der Waals surface area contributed by atoms with Gasteiger partial charge < -0.3 is 4.74 Å². The highest BCUT2D eigenvalue weighted by Gasteiger charge is 2.33. The monoisotopic (exact) mass is 286 g/mol. The molecule has 0 N–H and O–H groups in total. The van der Waals surface area contributed by atoms with E-state index in [1.54, 1.807) is 12.1 Å². The predicted octanol–water partition coefficient (Wildman–Crippen LogP) is 3.20. The van der Waals surface area contributed by atoms with Crippen molar-refractivity contribution in [3.05, 3.63) is 34.1 Å². The van der Waals surface area contributed by atoms with E-state index in [4.69, 9.17) is 4.74 Å². The summed E-state index contributed by atoms with van der Waals surface area (Å²) in [6.07, 6.45) is 0.357. The number of rotatable bonds is 2. The molecule has 2 unspecified atom stereocenters. The van der Waals surface area contributed by atoms with Gasteiger partial charge in [0.15, 0.2) is 5.78 Å². The van der Waals surface area contributed by atoms with Crippen LogP contribution in [-0.2, 0) is 4.74 Å². The Morgan fingerprint density at radius 1 is 1.56 bits per heavy atom. The second-order valence-corrected chi connectivity index (χ2v) is 4.88. The van der Waals surface area contributed by atoms with Gasteiger partial charge in [-0.15, -0.1) is 0 Å². The van der Waals surface area contributed by atoms with Crippen molar-refractivity contribution in [3.63, 3.8) is 0 Å². The van der Waals surface area contributed by atoms with Crippen molar-refractivity contribution in [3.8, 4) is 0 Å². The van der Waals surface area contributed by atoms with Crippen molar-refractivity contribution in [2.24, 2.45) is 5.92 Å². The van der Waals surface area contributed by atoms with Crippen molar-refractivity contribution in [1.29, 1.82) is 0 Å². The average molecular weight is 287 g/mol. The molecule has 0 amide bonds. The molecule has 0 bridgehead atoms. The molecule has 1 heterocycles. The summed E-state index contributed by atoms with van der Waals surface area (Å²) < 4.78 is 19.4. The molecule has 1 saturated heterocycles. The molecule has 1 aliphatic rings. The summed E-state index contributed by atoms with van der Waals surface area (Å²) in [5.41, 5.74) is 0.105. The van der Waals surface area contributed by atoms with E-state index in [2.05, 4.69) is 15.9 Å². The SMILES string of the molecule is CC1CCOC1C(=O)c1cccc(Br)c1F. The van der Waals surface area contributed by atoms with Crippen LogP contribution in [0.2, 0.25) is 0 Å². The number of ketones is 1. The summed E-state index contributed by atoms with van der Waals surface area (Å²) in [5, 5.41) is 0. The van der Waals surface area contributed by atoms with Crippen molar-refractivity contribution in [2.75, 3.05) is 6.61 Å². The lowest BCUT2D eigenvalue weighted by Gasteiger charge is -2.13. The maximum Gasteiger partial charge on any atom is 0.194 e. The Labute approximate surface area is 102 Å². The number of ether oxygens (including phenoxy) is 1. The third-order valence-corrected chi connectivity index (χ3v) is 3.48. The minimum absolute atomic E-state index is 0.105. The summed E-state index contributed by atoms with van der Waals surface area (Å²) in [4.78, 5) is 12.0. The van der Waals surface area contributed by atoms with Gasteiger partial charge in [0, 0.05) is 6.61 Å². The molecule has 2 rings (SSSR count). The Morgan fingerprint density at radius 2 is 2.31 bits per heavy atom. The Bertz CT molecular complexity index is 419. The minimum Gasteiger partial charge on any atom is -0.370 e. The van der Waals surface area contributed by atoms with Crippen LogP contribution in [0.25, 0.3) is 0 Å². The molecule has 1 aromatic carbocycles. The van der Waals surface area contributed by atoms with Gasteiger partial charge in [0.1, 0.15) is 11.9 Å². The molecule has 0 saturated carbocycles. The zero-order chi connectivity index (χ0) is 11.7. The van der Waals surface area contributed by atoms with Gasteiger partial charge in [0.05, 0.1) is 10.0 Å². The molecule has 0 radical (unpaired) electrons. The number of benzene rings is 1. The molecule has 1 aromatic rings. The van der Waals surface area contributed by atoms with Gasteiger partial charge in [-0.1, -0.05) is 13.0 Å². The summed E-state index contributed by atoms with van der Waals surface area (Å²) in [7, 11) is 0. The quantitative estimate of drug-likeness (QED) is 0.781. The third kappa shape index (κ3) is 2.04. The lowest BCUT2D eigenvalue weighted by molar-refractivity contribution is 0.0575. The van der Waals surface area contributed by atoms with Gasteiger partial charge in [-0.3, -0.25) is 4.79 Å². The first-order valence-electron chi connectivity index (χ1n) is 5.21. The number of halogens is 2. The van der Waals surface area contributed by atoms with E-state index in [1.165, 1.54) is 6.07 Å². The topological polar surface area (TPSA) is 26.3 Å². The minimum atomic E-state index is -0.504. The van der Waals surface area contributed by atoms with Crippen molar-refractivity contribution in [2.45, 2.75) is 19.4 Å². The first-order chi connectivity index (χ1) is 7.61. The molecule has 0 aromatic heterocycles. The van der Waals surface area contributed by atoms with Gasteiger partial charge >= 0.3 is 0 Å². The normalized spacial score (nSPS) is 24.7. The fourth-order valence-electron chi connectivity index (χ4n) is 1.88. The van der Waals surface area contributed by atoms with Gasteiger partial charge in [-0.25, -0.2) is 4.39 Å². The van der Waals surface area contributed by atoms with Crippen LogP contribution in [0.5, 0.6) is 0 Å². The van der Waals surface area contributed by atoms with Crippen LogP contribution in [0, 0.1) is 11.7 Å². The average Bonchev–Trinajstić information content (AvgIpc) is 2.68. The van der Waals surface area contributed by atoms with E-state index in [9.17, 15) is 9.18 Å². The van der Waals surface area contributed by atoms with Crippen LogP contribution in [-0.4, -0.2) is 18.5 Å². The Hall–Kier alpha value is -0.740. The Balaban J connectivity index is 2.30. The standard InChI is InChI=1S/C12H12BrFO2/c1-7-5-6-16-12(7)11(15)8-3-2-4-9(13)10(8)14/h2-4,7,12H,5-6H2,1H3. The third-order valence-electron chi connectivity index (χ3n) is 2.86. The molecular formula is C12H12BrFO2. The lowest BCUT2D eigenvalue weighted by atomic mass is 9.96. The zero-order valence-corrected chi connectivity index (χ0v) is 10.5. The van der Waals surface area contributed by atoms with Crippen molar-refractivity contribution in [1.82, 2.24) is 0 Å². The van der Waals surface area contributed by atoms with Crippen LogP contribution in [0.4, 0.5) is 4.39 Å². The lowest BCUT2D eigenvalue weighted by Crippen LogP contribution is -2.26. The summed E-state index contributed by atoms with van der Waals surface area (Å²) in [6.45, 7) is 2.53. The van der Waals surface area contributed by atoms with Gasteiger partial charge in [-0.2, -0.15) is 0 Å². The number of hydrogen-bond donors (Lipinski definition) is 0. The summed E-state index contributed by atoms with van der Waals surface area (Å²) in [5.74, 6) is -0.607. The molecule has 0 spiro atoms. The highest BCUT2D eigenvalue weighted by molar-refractivity contribution is 9.10. The second kappa shape index (κ2) is 4.63. The van der Waals surface area contributed by atoms with Crippen molar-refractivity contribution >= 4 is 21.7 Å². The molecule has 4 heteroatoms. The molecule has 1 aliphatic heterocycles. The number of carbonyl (C=O) groups excluding carboxylic acids is 1. The van der Waals surface area contributed by atoms with E-state index >= 15 is 0 Å². The van der Waals surface area contributed by atoms with Crippen LogP contribution in [0.1, 0.15) is 23.7 Å². The fourth-order valence-corrected chi connectivity index (χ4v) is 2.24. The zero-order valence-electron chi connectivity index (χ0n) is 8.87. The Morgan fingerprint density at radius 3 is 2.94 bits per heavy atom. The van der Waals surface area contributed by atoms with E-state index in [1.807, 2.05) is 6.92 Å². The van der Waals surface area contributed by atoms with Crippen molar-refractivity contribution < 1.29 is 13.9 Å². The molecule has 86 valence electrons. The molecule has 2 nitrogen and oxygen atoms in total. The van der Waals surface area contributed by atoms with Crippen LogP contribution < -0.4 is 0 Å². The summed E-state index contributed by atoms with van der Waals surface area (Å²) in [6, 6.07) is 4.72. The highest BCUT2D eigenvalue weighted by atomic mass is 79.9. The van der Waals surface area contributed by atoms with E-state index in [0.29, 0.717) is 11.1 Å². The van der Waals surface area contributed by atoms with Crippen LogP contribution in [0.15, 0.2) is 22.7 Å². The van der Waals surface area contributed by atoms with Crippen LogP contribution >= 0.6 is 15.9 Å². The van der Waals surface area contributed by atoms with E-state index in [0.717, 1.165) is 6.42 Å². The maximum atomic E-state index is 13.7. The summed E-state index contributed by atoms with van der Waals surface area (Å²) >= 11 is 3.07. The first-order valence-corrected chi connectivity index (χ1v) is 6.00. The van der Waals surface area contributed by atoms with E-state index in [-0.39, 0.29) is 17.3 Å². The molecule has 2 atom stereocenters. The molecule has 0 aliphatic carbocycles. The smallest absolute Gasteiger partial charge is 0.194 e. The van der Waals surface area contributed by atoms with Gasteiger partial charge in [0.25, 0.3) is 0 Å².